The SMILES string of the molecule is COC1(O)C2c3ccc4c(c3-c3cc(C)c5c(C)cc(C)cc5[n+]3C21C)-c1sc2ccc(C)cc2c1C4(C)C. The Bertz CT molecular complexity index is 1960. The molecule has 1 N–H and O–H groups in total. The second-order valence-corrected chi connectivity index (χ2v) is 13.9. The molecule has 2 aromatic heterocycles. The number of nitrogens with zero attached hydrogens (tertiary/aromatic N) is 1. The molecule has 3 heterocycles. The molecule has 0 bridgehead atoms. The first-order chi connectivity index (χ1) is 18.4. The van der Waals surface area contributed by atoms with E-state index in [-0.39, 0.29) is 11.3 Å². The molecule has 3 aliphatic rings. The molecule has 8 rings (SSSR count). The lowest BCUT2D eigenvalue weighted by atomic mass is 9.79. The highest BCUT2D eigenvalue weighted by Gasteiger charge is 2.86. The van der Waals surface area contributed by atoms with Crippen molar-refractivity contribution in [2.45, 2.75) is 71.1 Å². The zero-order valence-corrected chi connectivity index (χ0v) is 24.7. The van der Waals surface area contributed by atoms with Crippen LogP contribution in [0.5, 0.6) is 0 Å². The number of hydrogen-bond donors (Lipinski definition) is 1. The molecule has 39 heavy (non-hydrogen) atoms. The smallest absolute Gasteiger partial charge is 0.247 e. The minimum absolute atomic E-state index is 0.114. The summed E-state index contributed by atoms with van der Waals surface area (Å²) >= 11 is 1.92. The molecule has 4 heteroatoms. The van der Waals surface area contributed by atoms with Crippen LogP contribution in [-0.4, -0.2) is 18.0 Å². The Morgan fingerprint density at radius 3 is 2.36 bits per heavy atom. The van der Waals surface area contributed by atoms with E-state index in [0.29, 0.717) is 0 Å². The van der Waals surface area contributed by atoms with Gasteiger partial charge in [-0.1, -0.05) is 49.7 Å². The number of methoxy groups -OCH3 is 1. The highest BCUT2D eigenvalue weighted by molar-refractivity contribution is 7.22. The minimum Gasteiger partial charge on any atom is -0.359 e. The van der Waals surface area contributed by atoms with Crippen LogP contribution in [0.15, 0.2) is 48.5 Å². The van der Waals surface area contributed by atoms with Crippen molar-refractivity contribution in [3.8, 4) is 21.7 Å². The number of aliphatic hydroxyl groups is 1. The van der Waals surface area contributed by atoms with E-state index in [9.17, 15) is 5.11 Å². The molecule has 0 amide bonds. The van der Waals surface area contributed by atoms with Gasteiger partial charge >= 0.3 is 0 Å². The first kappa shape index (κ1) is 23.8. The van der Waals surface area contributed by atoms with Gasteiger partial charge < -0.3 is 9.84 Å². The molecule has 0 saturated heterocycles. The Hall–Kier alpha value is -3.05. The van der Waals surface area contributed by atoms with Crippen molar-refractivity contribution in [1.82, 2.24) is 0 Å². The third-order valence-corrected chi connectivity index (χ3v) is 11.4. The van der Waals surface area contributed by atoms with Crippen LogP contribution < -0.4 is 4.57 Å². The molecule has 2 aliphatic carbocycles. The van der Waals surface area contributed by atoms with E-state index in [0.717, 1.165) is 0 Å². The van der Waals surface area contributed by atoms with E-state index >= 15 is 0 Å². The number of aryl methyl sites for hydroxylation is 4. The lowest BCUT2D eigenvalue weighted by molar-refractivity contribution is -0.716. The highest BCUT2D eigenvalue weighted by Crippen LogP contribution is 2.69. The monoisotopic (exact) mass is 532 g/mol. The van der Waals surface area contributed by atoms with Gasteiger partial charge in [0.2, 0.25) is 22.5 Å². The van der Waals surface area contributed by atoms with E-state index < -0.39 is 11.3 Å². The number of benzene rings is 3. The molecule has 1 saturated carbocycles. The molecule has 1 fully saturated rings. The normalized spacial score (nSPS) is 25.3. The summed E-state index contributed by atoms with van der Waals surface area (Å²) in [5.41, 5.74) is 13.3. The number of aromatic nitrogens is 1. The number of fused-ring (bicyclic) bond motifs is 14. The van der Waals surface area contributed by atoms with Crippen LogP contribution in [0.1, 0.15) is 65.6 Å². The molecule has 0 spiro atoms. The summed E-state index contributed by atoms with van der Waals surface area (Å²) in [5, 5.41) is 14.7. The van der Waals surface area contributed by atoms with Gasteiger partial charge in [0.05, 0.1) is 10.9 Å². The van der Waals surface area contributed by atoms with Gasteiger partial charge in [-0.3, -0.25) is 0 Å². The van der Waals surface area contributed by atoms with Crippen LogP contribution in [0, 0.1) is 27.7 Å². The Morgan fingerprint density at radius 1 is 0.872 bits per heavy atom. The predicted molar refractivity (Wildman–Crippen MR) is 160 cm³/mol. The number of thiophene rings is 1. The molecule has 0 radical (unpaired) electrons. The Balaban J connectivity index is 1.57. The summed E-state index contributed by atoms with van der Waals surface area (Å²) in [4.78, 5) is 1.38. The fourth-order valence-electron chi connectivity index (χ4n) is 8.51. The van der Waals surface area contributed by atoms with Gasteiger partial charge in [-0.25, -0.2) is 0 Å². The van der Waals surface area contributed by atoms with Crippen LogP contribution >= 0.6 is 11.3 Å². The fourth-order valence-corrected chi connectivity index (χ4v) is 9.91. The zero-order valence-electron chi connectivity index (χ0n) is 23.9. The quantitative estimate of drug-likeness (QED) is 0.177. The van der Waals surface area contributed by atoms with E-state index in [1.165, 1.54) is 81.6 Å². The van der Waals surface area contributed by atoms with Crippen LogP contribution in [0.4, 0.5) is 0 Å². The molecule has 5 aromatic rings. The first-order valence-electron chi connectivity index (χ1n) is 13.9. The number of hydrogen-bond acceptors (Lipinski definition) is 3. The van der Waals surface area contributed by atoms with Crippen molar-refractivity contribution in [3.05, 3.63) is 87.5 Å². The number of pyridine rings is 1. The summed E-state index contributed by atoms with van der Waals surface area (Å²) in [6, 6.07) is 18.4. The maximum absolute atomic E-state index is 12.1. The topological polar surface area (TPSA) is 33.3 Å². The maximum Gasteiger partial charge on any atom is 0.247 e. The van der Waals surface area contributed by atoms with E-state index in [4.69, 9.17) is 4.74 Å². The van der Waals surface area contributed by atoms with Crippen molar-refractivity contribution >= 4 is 32.3 Å². The first-order valence-corrected chi connectivity index (χ1v) is 14.7. The number of ether oxygens (including phenoxy) is 1. The molecule has 3 unspecified atom stereocenters. The maximum atomic E-state index is 12.1. The fraction of sp³-hybridized carbons (Fsp3) is 0.343. The van der Waals surface area contributed by atoms with Crippen molar-refractivity contribution < 1.29 is 14.4 Å². The van der Waals surface area contributed by atoms with Crippen LogP contribution in [-0.2, 0) is 15.7 Å². The predicted octanol–water partition coefficient (Wildman–Crippen LogP) is 7.71. The summed E-state index contributed by atoms with van der Waals surface area (Å²) in [7, 11) is 1.65. The Kier molecular flexibility index (Phi) is 4.26. The van der Waals surface area contributed by atoms with E-state index in [2.05, 4.69) is 102 Å². The average molecular weight is 533 g/mol. The van der Waals surface area contributed by atoms with E-state index in [1.54, 1.807) is 7.11 Å². The second kappa shape index (κ2) is 6.98. The third-order valence-electron chi connectivity index (χ3n) is 10.2. The molecular formula is C35H34NO2S+. The van der Waals surface area contributed by atoms with Gasteiger partial charge in [-0.05, 0) is 72.5 Å². The minimum atomic E-state index is -1.28. The van der Waals surface area contributed by atoms with Crippen LogP contribution in [0.25, 0.3) is 42.7 Å². The Labute approximate surface area is 233 Å². The molecule has 3 aromatic carbocycles. The van der Waals surface area contributed by atoms with Crippen molar-refractivity contribution in [1.29, 1.82) is 0 Å². The summed E-state index contributed by atoms with van der Waals surface area (Å²) in [5.74, 6) is -1.43. The lowest BCUT2D eigenvalue weighted by Crippen LogP contribution is -2.54. The van der Waals surface area contributed by atoms with Gasteiger partial charge in [0.15, 0.2) is 0 Å². The average Bonchev–Trinajstić information content (AvgIpc) is 3.09. The molecule has 3 atom stereocenters. The van der Waals surface area contributed by atoms with Gasteiger partial charge in [-0.15, -0.1) is 11.3 Å². The molecule has 1 aliphatic heterocycles. The number of rotatable bonds is 1. The third kappa shape index (κ3) is 2.51. The van der Waals surface area contributed by atoms with Gasteiger partial charge in [0.25, 0.3) is 0 Å². The van der Waals surface area contributed by atoms with E-state index in [1.807, 2.05) is 11.3 Å². The zero-order chi connectivity index (χ0) is 27.4. The van der Waals surface area contributed by atoms with Gasteiger partial charge in [0.1, 0.15) is 5.92 Å². The molecule has 196 valence electrons. The lowest BCUT2D eigenvalue weighted by Gasteiger charge is -2.26. The van der Waals surface area contributed by atoms with Crippen LogP contribution in [0.3, 0.4) is 0 Å². The summed E-state index contributed by atoms with van der Waals surface area (Å²) < 4.78 is 9.75. The summed E-state index contributed by atoms with van der Waals surface area (Å²) in [6.07, 6.45) is 0. The van der Waals surface area contributed by atoms with Crippen molar-refractivity contribution in [2.75, 3.05) is 7.11 Å². The second-order valence-electron chi connectivity index (χ2n) is 12.9. The van der Waals surface area contributed by atoms with Gasteiger partial charge in [0, 0.05) is 46.7 Å². The largest absolute Gasteiger partial charge is 0.359 e. The van der Waals surface area contributed by atoms with Crippen LogP contribution in [0.2, 0.25) is 0 Å². The standard InChI is InChI=1S/C35H34NO2S/c1-17-9-12-26-22(14-17)30-31(39-26)29-23(33(30,5)6)11-10-21-28(29)25-16-20(4)27-19(3)13-18(2)15-24(27)36(25)34(7)32(21)35(34,37)38-8/h9-16,32,37H,1-8H3/q+1. The van der Waals surface area contributed by atoms with Crippen molar-refractivity contribution in [2.24, 2.45) is 0 Å². The van der Waals surface area contributed by atoms with Crippen molar-refractivity contribution in [3.63, 3.8) is 0 Å². The molecule has 3 nitrogen and oxygen atoms in total. The molecular weight excluding hydrogens is 498 g/mol. The van der Waals surface area contributed by atoms with Gasteiger partial charge in [-0.2, -0.15) is 4.57 Å². The Morgan fingerprint density at radius 2 is 1.62 bits per heavy atom. The summed E-state index contributed by atoms with van der Waals surface area (Å²) in [6.45, 7) is 15.7. The highest BCUT2D eigenvalue weighted by atomic mass is 32.1.